The summed E-state index contributed by atoms with van der Waals surface area (Å²) in [5.41, 5.74) is 11.2. The standard InChI is InChI=1S/C16H14N4O4.C16H16N4O2/c1-24-15-8-12(21)6-7-13(15)17-16-9-14(18-19-16)10-2-4-11(5-3-10)20(22)23;1-22-15-8-12(21)6-7-13(15)18-16-9-14(19-20-16)10-2-4-11(17)5-3-10/h2-9,21H,1H3,(H2,17,18,19);2-9,21H,17H2,1H3,(H2,18,19,20). The summed E-state index contributed by atoms with van der Waals surface area (Å²) in [6.45, 7) is 0. The summed E-state index contributed by atoms with van der Waals surface area (Å²) in [6, 6.07) is 26.9. The van der Waals surface area contributed by atoms with Crippen LogP contribution in [0.4, 0.5) is 34.4 Å². The lowest BCUT2D eigenvalue weighted by atomic mass is 10.1. The van der Waals surface area contributed by atoms with Crippen LogP contribution in [0.5, 0.6) is 23.0 Å². The molecular formula is C32H30N8O6. The lowest BCUT2D eigenvalue weighted by molar-refractivity contribution is -0.384. The molecule has 2 heterocycles. The number of hydrogen-bond donors (Lipinski definition) is 7. The summed E-state index contributed by atoms with van der Waals surface area (Å²) in [4.78, 5) is 10.2. The number of nitrogens with two attached hydrogens (primary N) is 1. The zero-order valence-corrected chi connectivity index (χ0v) is 24.7. The van der Waals surface area contributed by atoms with Crippen LogP contribution in [-0.4, -0.2) is 49.8 Å². The first-order valence-electron chi connectivity index (χ1n) is 13.7. The summed E-state index contributed by atoms with van der Waals surface area (Å²) in [5, 5.41) is 50.1. The Morgan fingerprint density at radius 1 is 0.696 bits per heavy atom. The van der Waals surface area contributed by atoms with Gasteiger partial charge in [-0.2, -0.15) is 10.2 Å². The van der Waals surface area contributed by atoms with Crippen LogP contribution in [0.2, 0.25) is 0 Å². The van der Waals surface area contributed by atoms with Crippen LogP contribution in [0.15, 0.2) is 97.1 Å². The highest BCUT2D eigenvalue weighted by atomic mass is 16.6. The average Bonchev–Trinajstić information content (AvgIpc) is 3.73. The lowest BCUT2D eigenvalue weighted by Gasteiger charge is -2.09. The molecule has 14 nitrogen and oxygen atoms in total. The highest BCUT2D eigenvalue weighted by Crippen LogP contribution is 2.33. The van der Waals surface area contributed by atoms with Crippen molar-refractivity contribution in [2.24, 2.45) is 0 Å². The van der Waals surface area contributed by atoms with Crippen LogP contribution >= 0.6 is 0 Å². The maximum atomic E-state index is 10.7. The molecule has 46 heavy (non-hydrogen) atoms. The van der Waals surface area contributed by atoms with E-state index in [0.717, 1.165) is 28.2 Å². The first-order chi connectivity index (χ1) is 22.2. The van der Waals surface area contributed by atoms with Gasteiger partial charge in [-0.1, -0.05) is 12.1 Å². The number of nitrogens with zero attached hydrogens (tertiary/aromatic N) is 3. The number of methoxy groups -OCH3 is 2. The van der Waals surface area contributed by atoms with E-state index in [-0.39, 0.29) is 17.2 Å². The fraction of sp³-hybridized carbons (Fsp3) is 0.0625. The van der Waals surface area contributed by atoms with Gasteiger partial charge in [-0.15, -0.1) is 0 Å². The lowest BCUT2D eigenvalue weighted by Crippen LogP contribution is -1.94. The molecule has 0 saturated heterocycles. The first kappa shape index (κ1) is 30.7. The Labute approximate surface area is 262 Å². The Kier molecular flexibility index (Phi) is 9.18. The number of nitro groups is 1. The molecule has 14 heteroatoms. The topological polar surface area (TPSA) is 210 Å². The third-order valence-corrected chi connectivity index (χ3v) is 6.66. The van der Waals surface area contributed by atoms with E-state index in [2.05, 4.69) is 31.0 Å². The summed E-state index contributed by atoms with van der Waals surface area (Å²) in [5.74, 6) is 2.47. The largest absolute Gasteiger partial charge is 0.508 e. The third kappa shape index (κ3) is 7.44. The molecule has 0 fully saturated rings. The molecule has 6 aromatic rings. The highest BCUT2D eigenvalue weighted by molar-refractivity contribution is 5.71. The smallest absolute Gasteiger partial charge is 0.269 e. The maximum Gasteiger partial charge on any atom is 0.269 e. The highest BCUT2D eigenvalue weighted by Gasteiger charge is 2.11. The third-order valence-electron chi connectivity index (χ3n) is 6.66. The molecule has 234 valence electrons. The van der Waals surface area contributed by atoms with E-state index in [1.165, 1.54) is 37.4 Å². The number of hydrogen-bond acceptors (Lipinski definition) is 11. The van der Waals surface area contributed by atoms with Crippen molar-refractivity contribution in [3.8, 4) is 45.5 Å². The minimum Gasteiger partial charge on any atom is -0.508 e. The Morgan fingerprint density at radius 3 is 1.54 bits per heavy atom. The number of H-pyrrole nitrogens is 2. The van der Waals surface area contributed by atoms with Crippen molar-refractivity contribution in [1.29, 1.82) is 0 Å². The molecule has 0 aliphatic carbocycles. The van der Waals surface area contributed by atoms with E-state index in [1.807, 2.05) is 30.3 Å². The minimum absolute atomic E-state index is 0.0328. The van der Waals surface area contributed by atoms with E-state index >= 15 is 0 Å². The second kappa shape index (κ2) is 13.7. The molecule has 0 spiro atoms. The number of aromatic nitrogens is 4. The van der Waals surface area contributed by atoms with Crippen LogP contribution < -0.4 is 25.8 Å². The number of ether oxygens (including phenoxy) is 2. The molecule has 4 aromatic carbocycles. The number of benzene rings is 4. The molecule has 6 rings (SSSR count). The van der Waals surface area contributed by atoms with Gasteiger partial charge in [0.1, 0.15) is 23.0 Å². The monoisotopic (exact) mass is 622 g/mol. The van der Waals surface area contributed by atoms with Gasteiger partial charge in [-0.3, -0.25) is 20.3 Å². The fourth-order valence-corrected chi connectivity index (χ4v) is 4.33. The van der Waals surface area contributed by atoms with Gasteiger partial charge in [-0.05, 0) is 54.1 Å². The number of non-ortho nitro benzene ring substituents is 1. The van der Waals surface area contributed by atoms with Crippen LogP contribution in [-0.2, 0) is 0 Å². The van der Waals surface area contributed by atoms with Crippen molar-refractivity contribution < 1.29 is 24.6 Å². The second-order valence-electron chi connectivity index (χ2n) is 9.78. The first-order valence-corrected chi connectivity index (χ1v) is 13.7. The number of nitrogen functional groups attached to an aromatic ring is 1. The summed E-state index contributed by atoms with van der Waals surface area (Å²) in [7, 11) is 3.05. The molecule has 8 N–H and O–H groups in total. The second-order valence-corrected chi connectivity index (χ2v) is 9.78. The fourth-order valence-electron chi connectivity index (χ4n) is 4.33. The molecule has 0 atom stereocenters. The molecular weight excluding hydrogens is 592 g/mol. The summed E-state index contributed by atoms with van der Waals surface area (Å²) in [6.07, 6.45) is 0. The van der Waals surface area contributed by atoms with Gasteiger partial charge in [0.15, 0.2) is 11.6 Å². The van der Waals surface area contributed by atoms with Gasteiger partial charge < -0.3 is 36.1 Å². The zero-order chi connectivity index (χ0) is 32.6. The number of aromatic amines is 2. The molecule has 0 aliphatic rings. The van der Waals surface area contributed by atoms with Crippen LogP contribution in [0, 0.1) is 10.1 Å². The van der Waals surface area contributed by atoms with Crippen molar-refractivity contribution >= 4 is 34.4 Å². The Bertz CT molecular complexity index is 1940. The van der Waals surface area contributed by atoms with Gasteiger partial charge in [0.25, 0.3) is 5.69 Å². The van der Waals surface area contributed by atoms with Crippen LogP contribution in [0.3, 0.4) is 0 Å². The summed E-state index contributed by atoms with van der Waals surface area (Å²) >= 11 is 0. The number of phenols is 2. The van der Waals surface area contributed by atoms with E-state index in [9.17, 15) is 20.3 Å². The van der Waals surface area contributed by atoms with Gasteiger partial charge in [0.2, 0.25) is 0 Å². The normalized spacial score (nSPS) is 10.4. The minimum atomic E-state index is -0.444. The quantitative estimate of drug-likeness (QED) is 0.0397. The molecule has 2 aromatic heterocycles. The van der Waals surface area contributed by atoms with Crippen molar-refractivity contribution in [2.75, 3.05) is 30.6 Å². The molecule has 0 saturated carbocycles. The Balaban J connectivity index is 0.000000182. The molecule has 0 aliphatic heterocycles. The van der Waals surface area contributed by atoms with Crippen LogP contribution in [0.25, 0.3) is 22.5 Å². The number of rotatable bonds is 9. The van der Waals surface area contributed by atoms with E-state index in [4.69, 9.17) is 15.2 Å². The Hall–Kier alpha value is -6.70. The van der Waals surface area contributed by atoms with Gasteiger partial charge in [-0.25, -0.2) is 0 Å². The number of aromatic hydroxyl groups is 2. The SMILES string of the molecule is COc1cc(O)ccc1Nc1cc(-c2ccc(N)cc2)[nH]n1.COc1cc(O)ccc1Nc1cc(-c2ccc([N+](=O)[O-])cc2)[nH]n1. The molecule has 0 bridgehead atoms. The van der Waals surface area contributed by atoms with E-state index in [1.54, 1.807) is 43.5 Å². The Morgan fingerprint density at radius 2 is 1.13 bits per heavy atom. The van der Waals surface area contributed by atoms with E-state index in [0.29, 0.717) is 34.5 Å². The number of nitro benzene ring substituents is 1. The number of phenolic OH excluding ortho intramolecular Hbond substituents is 2. The van der Waals surface area contributed by atoms with E-state index < -0.39 is 4.92 Å². The predicted octanol–water partition coefficient (Wildman–Crippen LogP) is 6.56. The van der Waals surface area contributed by atoms with Crippen LogP contribution in [0.1, 0.15) is 0 Å². The number of nitrogens with one attached hydrogen (secondary N) is 4. The van der Waals surface area contributed by atoms with Gasteiger partial charge in [0, 0.05) is 47.6 Å². The number of anilines is 5. The van der Waals surface area contributed by atoms with Crippen molar-refractivity contribution in [3.05, 3.63) is 107 Å². The molecule has 0 unspecified atom stereocenters. The van der Waals surface area contributed by atoms with Crippen molar-refractivity contribution in [2.45, 2.75) is 0 Å². The van der Waals surface area contributed by atoms with Crippen molar-refractivity contribution in [1.82, 2.24) is 20.4 Å². The predicted molar refractivity (Wildman–Crippen MR) is 175 cm³/mol. The molecule has 0 amide bonds. The summed E-state index contributed by atoms with van der Waals surface area (Å²) < 4.78 is 10.4. The van der Waals surface area contributed by atoms with Gasteiger partial charge >= 0.3 is 0 Å². The maximum absolute atomic E-state index is 10.7. The van der Waals surface area contributed by atoms with Gasteiger partial charge in [0.05, 0.1) is 41.9 Å². The zero-order valence-electron chi connectivity index (χ0n) is 24.7. The molecule has 0 radical (unpaired) electrons. The average molecular weight is 623 g/mol. The van der Waals surface area contributed by atoms with Crippen molar-refractivity contribution in [3.63, 3.8) is 0 Å².